The van der Waals surface area contributed by atoms with E-state index in [9.17, 15) is 14.9 Å². The summed E-state index contributed by atoms with van der Waals surface area (Å²) in [4.78, 5) is 21.8. The van der Waals surface area contributed by atoms with Gasteiger partial charge in [0.2, 0.25) is 0 Å². The number of rotatable bonds is 6. The van der Waals surface area contributed by atoms with Gasteiger partial charge in [0, 0.05) is 22.7 Å². The summed E-state index contributed by atoms with van der Waals surface area (Å²) in [7, 11) is 0. The molecule has 124 valence electrons. The minimum absolute atomic E-state index is 0.0492. The Kier molecular flexibility index (Phi) is 5.86. The van der Waals surface area contributed by atoms with Gasteiger partial charge in [0.15, 0.2) is 6.61 Å². The average molecular weight is 348 g/mol. The first-order valence-electron chi connectivity index (χ1n) is 6.91. The van der Waals surface area contributed by atoms with E-state index in [4.69, 9.17) is 16.3 Å². The van der Waals surface area contributed by atoms with Crippen LogP contribution >= 0.6 is 11.6 Å². The lowest BCUT2D eigenvalue weighted by molar-refractivity contribution is -0.384. The largest absolute Gasteiger partial charge is 0.483 e. The molecular formula is C16H14ClN3O4. The number of hydrogen-bond acceptors (Lipinski definition) is 5. The van der Waals surface area contributed by atoms with Crippen LogP contribution < -0.4 is 10.2 Å². The van der Waals surface area contributed by atoms with Crippen molar-refractivity contribution in [3.05, 3.63) is 68.7 Å². The SMILES string of the molecule is Cc1cc(Cl)ccc1OCC(=O)NN=Cc1cccc([N+](=O)[O-])c1. The van der Waals surface area contributed by atoms with E-state index in [1.54, 1.807) is 24.3 Å². The van der Waals surface area contributed by atoms with Crippen molar-refractivity contribution in [1.29, 1.82) is 0 Å². The van der Waals surface area contributed by atoms with Crippen molar-refractivity contribution in [2.75, 3.05) is 6.61 Å². The number of ether oxygens (including phenoxy) is 1. The number of carbonyl (C=O) groups is 1. The highest BCUT2D eigenvalue weighted by Gasteiger charge is 2.06. The molecule has 24 heavy (non-hydrogen) atoms. The summed E-state index contributed by atoms with van der Waals surface area (Å²) in [5.41, 5.74) is 3.56. The molecule has 0 fully saturated rings. The molecule has 2 aromatic carbocycles. The van der Waals surface area contributed by atoms with Gasteiger partial charge in [-0.15, -0.1) is 0 Å². The topological polar surface area (TPSA) is 93.8 Å². The first-order chi connectivity index (χ1) is 11.5. The molecule has 0 bridgehead atoms. The number of hydrazone groups is 1. The standard InChI is InChI=1S/C16H14ClN3O4/c1-11-7-13(17)5-6-15(11)24-10-16(21)19-18-9-12-3-2-4-14(8-12)20(22)23/h2-9H,10H2,1H3,(H,19,21). The summed E-state index contributed by atoms with van der Waals surface area (Å²) >= 11 is 5.84. The number of nitrogens with one attached hydrogen (secondary N) is 1. The third kappa shape index (κ3) is 5.06. The Bertz CT molecular complexity index is 793. The molecule has 0 saturated heterocycles. The summed E-state index contributed by atoms with van der Waals surface area (Å²) < 4.78 is 5.37. The number of aryl methyl sites for hydroxylation is 1. The van der Waals surface area contributed by atoms with Crippen LogP contribution in [0.25, 0.3) is 0 Å². The normalized spacial score (nSPS) is 10.6. The molecule has 8 heteroatoms. The van der Waals surface area contributed by atoms with Crippen LogP contribution in [0.3, 0.4) is 0 Å². The average Bonchev–Trinajstić information content (AvgIpc) is 2.54. The van der Waals surface area contributed by atoms with E-state index in [-0.39, 0.29) is 12.3 Å². The molecule has 0 saturated carbocycles. The molecule has 1 amide bonds. The van der Waals surface area contributed by atoms with E-state index in [1.807, 2.05) is 6.92 Å². The number of hydrogen-bond donors (Lipinski definition) is 1. The lowest BCUT2D eigenvalue weighted by atomic mass is 10.2. The van der Waals surface area contributed by atoms with Crippen LogP contribution in [0.1, 0.15) is 11.1 Å². The zero-order valence-electron chi connectivity index (χ0n) is 12.7. The maximum absolute atomic E-state index is 11.7. The van der Waals surface area contributed by atoms with E-state index in [2.05, 4.69) is 10.5 Å². The molecular weight excluding hydrogens is 334 g/mol. The fourth-order valence-electron chi connectivity index (χ4n) is 1.85. The number of carbonyl (C=O) groups excluding carboxylic acids is 1. The molecule has 1 N–H and O–H groups in total. The van der Waals surface area contributed by atoms with Crippen molar-refractivity contribution in [1.82, 2.24) is 5.43 Å². The zero-order valence-corrected chi connectivity index (χ0v) is 13.5. The summed E-state index contributed by atoms with van der Waals surface area (Å²) in [6, 6.07) is 11.0. The molecule has 2 rings (SSSR count). The van der Waals surface area contributed by atoms with Crippen molar-refractivity contribution < 1.29 is 14.5 Å². The van der Waals surface area contributed by atoms with Crippen molar-refractivity contribution in [2.24, 2.45) is 5.10 Å². The Morgan fingerprint density at radius 1 is 1.38 bits per heavy atom. The monoisotopic (exact) mass is 347 g/mol. The maximum atomic E-state index is 11.7. The molecule has 0 heterocycles. The Hall–Kier alpha value is -2.93. The molecule has 2 aromatic rings. The molecule has 0 aliphatic heterocycles. The minimum Gasteiger partial charge on any atom is -0.483 e. The molecule has 7 nitrogen and oxygen atoms in total. The highest BCUT2D eigenvalue weighted by atomic mass is 35.5. The number of nitro groups is 1. The Balaban J connectivity index is 1.86. The summed E-state index contributed by atoms with van der Waals surface area (Å²) in [5.74, 6) is 0.100. The van der Waals surface area contributed by atoms with E-state index < -0.39 is 10.8 Å². The quantitative estimate of drug-likeness (QED) is 0.493. The van der Waals surface area contributed by atoms with Gasteiger partial charge in [0.1, 0.15) is 5.75 Å². The fraction of sp³-hybridized carbons (Fsp3) is 0.125. The second-order valence-electron chi connectivity index (χ2n) is 4.84. The first kappa shape index (κ1) is 17.4. The molecule has 0 aliphatic rings. The van der Waals surface area contributed by atoms with Gasteiger partial charge in [0.05, 0.1) is 11.1 Å². The lowest BCUT2D eigenvalue weighted by Gasteiger charge is -2.08. The van der Waals surface area contributed by atoms with E-state index >= 15 is 0 Å². The van der Waals surface area contributed by atoms with Gasteiger partial charge >= 0.3 is 0 Å². The maximum Gasteiger partial charge on any atom is 0.277 e. The first-order valence-corrected chi connectivity index (χ1v) is 7.29. The number of halogens is 1. The summed E-state index contributed by atoms with van der Waals surface area (Å²) in [6.45, 7) is 1.61. The van der Waals surface area contributed by atoms with Crippen LogP contribution in [0.2, 0.25) is 5.02 Å². The molecule has 0 spiro atoms. The summed E-state index contributed by atoms with van der Waals surface area (Å²) in [5, 5.41) is 15.0. The Morgan fingerprint density at radius 2 is 2.17 bits per heavy atom. The van der Waals surface area contributed by atoms with Crippen LogP contribution in [-0.4, -0.2) is 23.7 Å². The zero-order chi connectivity index (χ0) is 17.5. The Morgan fingerprint density at radius 3 is 2.88 bits per heavy atom. The predicted molar refractivity (Wildman–Crippen MR) is 90.5 cm³/mol. The van der Waals surface area contributed by atoms with Gasteiger partial charge in [-0.25, -0.2) is 5.43 Å². The number of benzene rings is 2. The Labute approximate surface area is 143 Å². The third-order valence-electron chi connectivity index (χ3n) is 2.98. The fourth-order valence-corrected chi connectivity index (χ4v) is 2.07. The van der Waals surface area contributed by atoms with Crippen molar-refractivity contribution in [3.8, 4) is 5.75 Å². The van der Waals surface area contributed by atoms with E-state index in [0.29, 0.717) is 16.3 Å². The molecule has 0 atom stereocenters. The van der Waals surface area contributed by atoms with Crippen molar-refractivity contribution in [2.45, 2.75) is 6.92 Å². The number of nitrogens with zero attached hydrogens (tertiary/aromatic N) is 2. The number of nitro benzene ring substituents is 1. The van der Waals surface area contributed by atoms with Crippen molar-refractivity contribution >= 4 is 29.4 Å². The van der Waals surface area contributed by atoms with Gasteiger partial charge in [-0.3, -0.25) is 14.9 Å². The molecule has 0 aliphatic carbocycles. The van der Waals surface area contributed by atoms with Crippen LogP contribution in [-0.2, 0) is 4.79 Å². The van der Waals surface area contributed by atoms with Crippen LogP contribution in [0.4, 0.5) is 5.69 Å². The molecule has 0 radical (unpaired) electrons. The molecule has 0 unspecified atom stereocenters. The highest BCUT2D eigenvalue weighted by Crippen LogP contribution is 2.21. The van der Waals surface area contributed by atoms with Crippen LogP contribution in [0, 0.1) is 17.0 Å². The van der Waals surface area contributed by atoms with E-state index in [0.717, 1.165) is 5.56 Å². The smallest absolute Gasteiger partial charge is 0.277 e. The van der Waals surface area contributed by atoms with Crippen molar-refractivity contribution in [3.63, 3.8) is 0 Å². The molecule has 0 aromatic heterocycles. The lowest BCUT2D eigenvalue weighted by Crippen LogP contribution is -2.24. The van der Waals surface area contributed by atoms with Gasteiger partial charge in [0.25, 0.3) is 11.6 Å². The van der Waals surface area contributed by atoms with E-state index in [1.165, 1.54) is 24.4 Å². The van der Waals surface area contributed by atoms with Crippen LogP contribution in [0.5, 0.6) is 5.75 Å². The third-order valence-corrected chi connectivity index (χ3v) is 3.21. The van der Waals surface area contributed by atoms with Gasteiger partial charge < -0.3 is 4.74 Å². The summed E-state index contributed by atoms with van der Waals surface area (Å²) in [6.07, 6.45) is 1.32. The second kappa shape index (κ2) is 8.07. The number of non-ortho nitro benzene ring substituents is 1. The van der Waals surface area contributed by atoms with Crippen LogP contribution in [0.15, 0.2) is 47.6 Å². The van der Waals surface area contributed by atoms with Gasteiger partial charge in [-0.1, -0.05) is 23.7 Å². The minimum atomic E-state index is -0.502. The highest BCUT2D eigenvalue weighted by molar-refractivity contribution is 6.30. The van der Waals surface area contributed by atoms with Gasteiger partial charge in [-0.2, -0.15) is 5.10 Å². The predicted octanol–water partition coefficient (Wildman–Crippen LogP) is 3.09. The van der Waals surface area contributed by atoms with Gasteiger partial charge in [-0.05, 0) is 30.7 Å². The number of amides is 1. The second-order valence-corrected chi connectivity index (χ2v) is 5.28.